The number of ether oxygens (including phenoxy) is 2. The zero-order valence-corrected chi connectivity index (χ0v) is 34.1. The number of allylic oxidation sites excluding steroid dienone is 1. The Labute approximate surface area is 339 Å². The summed E-state index contributed by atoms with van der Waals surface area (Å²) in [4.78, 5) is 78.9. The van der Waals surface area contributed by atoms with E-state index in [9.17, 15) is 29.1 Å². The molecule has 0 radical (unpaired) electrons. The van der Waals surface area contributed by atoms with Crippen molar-refractivity contribution < 1.29 is 38.6 Å². The van der Waals surface area contributed by atoms with Crippen molar-refractivity contribution in [2.75, 3.05) is 18.1 Å². The molecule has 4 amide bonds. The van der Waals surface area contributed by atoms with E-state index < -0.39 is 47.6 Å². The van der Waals surface area contributed by atoms with Crippen LogP contribution >= 0.6 is 23.1 Å². The molecule has 2 saturated carbocycles. The van der Waals surface area contributed by atoms with E-state index in [0.717, 1.165) is 55.2 Å². The summed E-state index contributed by atoms with van der Waals surface area (Å²) in [5.74, 6) is -2.42. The minimum absolute atomic E-state index is 0.0135. The monoisotopic (exact) mass is 818 g/mol. The molecule has 5 atom stereocenters. The molecule has 2 aliphatic carbocycles. The fourth-order valence-electron chi connectivity index (χ4n) is 7.94. The number of thioether (sulfide) groups is 1. The maximum atomic E-state index is 14.6. The molecule has 4 N–H and O–H groups in total. The Morgan fingerprint density at radius 3 is 2.60 bits per heavy atom. The SMILES string of the molecule is CSc1cccc2c(O[C@@H]3C[C@H]4C(=O)N[C@]5(C(=O)O)C[C@@H]5/C=C\CCCCC[C@@H](NC(=O)OC5CCCC5)C(=O)N4C3)cc(-c3csc(NC(=O)C(C)C)n3)nc12. The number of alkyl carbamates (subject to hydrolysis) is 1. The number of nitrogens with one attached hydrogen (secondary N) is 3. The predicted octanol–water partition coefficient (Wildman–Crippen LogP) is 6.54. The van der Waals surface area contributed by atoms with Gasteiger partial charge in [0.2, 0.25) is 17.7 Å². The van der Waals surface area contributed by atoms with Crippen molar-refractivity contribution >= 4 is 68.9 Å². The summed E-state index contributed by atoms with van der Waals surface area (Å²) in [6.07, 6.45) is 11.5. The van der Waals surface area contributed by atoms with Crippen LogP contribution in [-0.4, -0.2) is 92.4 Å². The van der Waals surface area contributed by atoms with Gasteiger partial charge in [0.05, 0.1) is 17.8 Å². The van der Waals surface area contributed by atoms with E-state index in [1.54, 1.807) is 19.9 Å². The largest absolute Gasteiger partial charge is 0.488 e. The van der Waals surface area contributed by atoms with Gasteiger partial charge in [0.1, 0.15) is 41.3 Å². The number of hydrogen-bond donors (Lipinski definition) is 4. The smallest absolute Gasteiger partial charge is 0.408 e. The van der Waals surface area contributed by atoms with Gasteiger partial charge in [0, 0.05) is 40.0 Å². The van der Waals surface area contributed by atoms with Crippen LogP contribution in [0.1, 0.15) is 84.5 Å². The highest BCUT2D eigenvalue weighted by Gasteiger charge is 2.61. The third kappa shape index (κ3) is 9.06. The van der Waals surface area contributed by atoms with Gasteiger partial charge in [-0.05, 0) is 69.8 Å². The topological polar surface area (TPSA) is 189 Å². The first-order valence-electron chi connectivity index (χ1n) is 19.9. The average molecular weight is 819 g/mol. The lowest BCUT2D eigenvalue weighted by Crippen LogP contribution is -2.56. The first kappa shape index (κ1) is 40.5. The molecule has 57 heavy (non-hydrogen) atoms. The number of thiazole rings is 1. The summed E-state index contributed by atoms with van der Waals surface area (Å²) in [5.41, 5.74) is 0.278. The molecule has 2 aliphatic heterocycles. The number of benzene rings is 1. The molecule has 2 aromatic heterocycles. The molecule has 7 rings (SSSR count). The highest BCUT2D eigenvalue weighted by molar-refractivity contribution is 7.98. The van der Waals surface area contributed by atoms with E-state index in [-0.39, 0.29) is 43.2 Å². The number of carboxylic acids is 1. The average Bonchev–Trinajstić information content (AvgIpc) is 3.62. The second-order valence-corrected chi connectivity index (χ2v) is 17.4. The standard InChI is InChI=1S/C41H50N6O8S2/c1-23(2)35(48)45-39-43-30(22-57-39)29-19-32(27-15-11-17-33(56-3)34(27)42-29)54-26-18-31-36(49)46-41(38(51)52)20-24(41)12-7-5-4-6-8-16-28(37(50)47(31)21-26)44-40(53)55-25-13-9-10-14-25/h7,11-12,15,17,19,22-26,28,31H,4-6,8-10,13-14,16,18,20-21H2,1-3H3,(H,44,53)(H,46,49)(H,51,52)(H,43,45,48)/b12-7-/t24-,26+,28+,31-,41+/m0/s1. The van der Waals surface area contributed by atoms with Gasteiger partial charge in [-0.25, -0.2) is 19.6 Å². The number of aromatic nitrogens is 2. The maximum absolute atomic E-state index is 14.6. The third-order valence-corrected chi connectivity index (χ3v) is 12.8. The summed E-state index contributed by atoms with van der Waals surface area (Å²) in [5, 5.41) is 21.8. The molecule has 14 nitrogen and oxygen atoms in total. The van der Waals surface area contributed by atoms with Gasteiger partial charge >= 0.3 is 12.1 Å². The normalized spacial score (nSPS) is 26.1. The fraction of sp³-hybridized carbons (Fsp3) is 0.537. The molecule has 1 aromatic carbocycles. The van der Waals surface area contributed by atoms with Crippen LogP contribution in [0.2, 0.25) is 0 Å². The quantitative estimate of drug-likeness (QED) is 0.136. The molecule has 4 heterocycles. The summed E-state index contributed by atoms with van der Waals surface area (Å²) in [6.45, 7) is 3.63. The number of amides is 4. The summed E-state index contributed by atoms with van der Waals surface area (Å²) in [6, 6.07) is 5.52. The van der Waals surface area contributed by atoms with Crippen LogP contribution in [0.25, 0.3) is 22.3 Å². The van der Waals surface area contributed by atoms with Gasteiger partial charge < -0.3 is 35.4 Å². The number of carbonyl (C=O) groups excluding carboxylic acids is 4. The number of nitrogens with zero attached hydrogens (tertiary/aromatic N) is 3. The van der Waals surface area contributed by atoms with Gasteiger partial charge in [0.15, 0.2) is 5.13 Å². The van der Waals surface area contributed by atoms with Crippen LogP contribution in [0.5, 0.6) is 5.75 Å². The molecule has 0 unspecified atom stereocenters. The van der Waals surface area contributed by atoms with Crippen molar-refractivity contribution in [1.29, 1.82) is 0 Å². The van der Waals surface area contributed by atoms with Gasteiger partial charge in [-0.2, -0.15) is 0 Å². The second kappa shape index (κ2) is 17.4. The lowest BCUT2D eigenvalue weighted by molar-refractivity contribution is -0.145. The van der Waals surface area contributed by atoms with Crippen LogP contribution < -0.4 is 20.7 Å². The van der Waals surface area contributed by atoms with E-state index in [1.165, 1.54) is 28.0 Å². The number of rotatable bonds is 9. The molecule has 4 aliphatic rings. The number of anilines is 1. The van der Waals surface area contributed by atoms with Crippen LogP contribution in [0.4, 0.5) is 9.93 Å². The number of carbonyl (C=O) groups is 5. The van der Waals surface area contributed by atoms with Crippen molar-refractivity contribution in [3.8, 4) is 17.1 Å². The number of fused-ring (bicyclic) bond motifs is 3. The Morgan fingerprint density at radius 2 is 1.84 bits per heavy atom. The van der Waals surface area contributed by atoms with Crippen molar-refractivity contribution in [3.05, 3.63) is 41.8 Å². The Hall–Kier alpha value is -4.70. The summed E-state index contributed by atoms with van der Waals surface area (Å²) < 4.78 is 12.4. The zero-order valence-electron chi connectivity index (χ0n) is 32.5. The highest BCUT2D eigenvalue weighted by Crippen LogP contribution is 2.46. The molecule has 1 saturated heterocycles. The lowest BCUT2D eigenvalue weighted by atomic mass is 10.0. The van der Waals surface area contributed by atoms with Crippen LogP contribution in [0, 0.1) is 11.8 Å². The molecule has 0 spiro atoms. The molecule has 3 fully saturated rings. The van der Waals surface area contributed by atoms with Crippen LogP contribution in [-0.2, 0) is 23.9 Å². The molecular formula is C41H50N6O8S2. The van der Waals surface area contributed by atoms with E-state index >= 15 is 0 Å². The molecular weight excluding hydrogens is 769 g/mol. The van der Waals surface area contributed by atoms with Crippen molar-refractivity contribution in [1.82, 2.24) is 25.5 Å². The number of aliphatic carboxylic acids is 1. The molecule has 16 heteroatoms. The van der Waals surface area contributed by atoms with Crippen LogP contribution in [0.15, 0.2) is 46.7 Å². The van der Waals surface area contributed by atoms with Gasteiger partial charge in [-0.1, -0.05) is 44.9 Å². The van der Waals surface area contributed by atoms with E-state index in [1.807, 2.05) is 42.0 Å². The minimum atomic E-state index is -1.46. The van der Waals surface area contributed by atoms with Crippen molar-refractivity contribution in [2.45, 2.75) is 119 Å². The number of para-hydroxylation sites is 1. The van der Waals surface area contributed by atoms with Gasteiger partial charge in [-0.3, -0.25) is 14.4 Å². The van der Waals surface area contributed by atoms with Crippen molar-refractivity contribution in [2.24, 2.45) is 11.8 Å². The minimum Gasteiger partial charge on any atom is -0.488 e. The number of carboxylic acid groups (broad SMARTS) is 1. The van der Waals surface area contributed by atoms with Gasteiger partial charge in [-0.15, -0.1) is 23.1 Å². The lowest BCUT2D eigenvalue weighted by Gasteiger charge is -2.29. The molecule has 3 aromatic rings. The molecule has 304 valence electrons. The summed E-state index contributed by atoms with van der Waals surface area (Å²) in [7, 11) is 0. The van der Waals surface area contributed by atoms with E-state index in [2.05, 4.69) is 20.9 Å². The molecule has 0 bridgehead atoms. The fourth-order valence-corrected chi connectivity index (χ4v) is 9.21. The Bertz CT molecular complexity index is 2050. The predicted molar refractivity (Wildman–Crippen MR) is 217 cm³/mol. The second-order valence-electron chi connectivity index (χ2n) is 15.7. The van der Waals surface area contributed by atoms with Crippen molar-refractivity contribution in [3.63, 3.8) is 0 Å². The highest BCUT2D eigenvalue weighted by atomic mass is 32.2. The Balaban J connectivity index is 1.20. The number of hydrogen-bond acceptors (Lipinski definition) is 11. The van der Waals surface area contributed by atoms with E-state index in [0.29, 0.717) is 40.6 Å². The maximum Gasteiger partial charge on any atom is 0.408 e. The Morgan fingerprint density at radius 1 is 1.05 bits per heavy atom. The van der Waals surface area contributed by atoms with Gasteiger partial charge in [0.25, 0.3) is 0 Å². The zero-order chi connectivity index (χ0) is 40.3. The van der Waals surface area contributed by atoms with E-state index in [4.69, 9.17) is 14.5 Å². The third-order valence-electron chi connectivity index (χ3n) is 11.3. The van der Waals surface area contributed by atoms with Crippen LogP contribution in [0.3, 0.4) is 0 Å². The number of pyridine rings is 1. The first-order chi connectivity index (χ1) is 27.4. The summed E-state index contributed by atoms with van der Waals surface area (Å²) >= 11 is 2.82. The first-order valence-corrected chi connectivity index (χ1v) is 22.0. The Kier molecular flexibility index (Phi) is 12.4.